The molecule has 9 heteroatoms. The van der Waals surface area contributed by atoms with E-state index in [4.69, 9.17) is 16.3 Å². The van der Waals surface area contributed by atoms with Crippen molar-refractivity contribution in [3.05, 3.63) is 53.1 Å². The quantitative estimate of drug-likeness (QED) is 0.771. The van der Waals surface area contributed by atoms with E-state index in [2.05, 4.69) is 10.2 Å². The van der Waals surface area contributed by atoms with E-state index in [1.54, 1.807) is 19.1 Å². The molecule has 0 spiro atoms. The molecule has 0 saturated carbocycles. The molecule has 156 valence electrons. The number of aryl methyl sites for hydroxylation is 1. The van der Waals surface area contributed by atoms with E-state index in [0.717, 1.165) is 11.3 Å². The van der Waals surface area contributed by atoms with Crippen LogP contribution >= 0.6 is 11.6 Å². The van der Waals surface area contributed by atoms with Crippen molar-refractivity contribution in [3.63, 3.8) is 0 Å². The summed E-state index contributed by atoms with van der Waals surface area (Å²) in [5, 5.41) is 3.21. The number of anilines is 2. The lowest BCUT2D eigenvalue weighted by Crippen LogP contribution is -2.48. The van der Waals surface area contributed by atoms with Gasteiger partial charge in [0.25, 0.3) is 0 Å². The van der Waals surface area contributed by atoms with E-state index in [-0.39, 0.29) is 11.5 Å². The van der Waals surface area contributed by atoms with Crippen molar-refractivity contribution in [2.75, 3.05) is 43.0 Å². The predicted molar refractivity (Wildman–Crippen MR) is 114 cm³/mol. The molecule has 3 rings (SSSR count). The van der Waals surface area contributed by atoms with Crippen LogP contribution in [0.4, 0.5) is 16.2 Å². The molecular weight excluding hydrogens is 414 g/mol. The largest absolute Gasteiger partial charge is 0.450 e. The van der Waals surface area contributed by atoms with Crippen molar-refractivity contribution in [1.29, 1.82) is 0 Å². The summed E-state index contributed by atoms with van der Waals surface area (Å²) in [5.74, 6) is 0. The number of sulfonamides is 1. The minimum Gasteiger partial charge on any atom is -0.450 e. The highest BCUT2D eigenvalue weighted by Gasteiger charge is 2.29. The summed E-state index contributed by atoms with van der Waals surface area (Å²) in [4.78, 5) is 13.8. The van der Waals surface area contributed by atoms with Crippen LogP contribution in [0, 0.1) is 6.92 Å². The molecule has 2 aromatic carbocycles. The second-order valence-electron chi connectivity index (χ2n) is 6.69. The lowest BCUT2D eigenvalue weighted by molar-refractivity contribution is 0.168. The van der Waals surface area contributed by atoms with Gasteiger partial charge in [0.1, 0.15) is 0 Å². The van der Waals surface area contributed by atoms with Gasteiger partial charge in [-0.3, -0.25) is 5.32 Å². The molecule has 0 aromatic heterocycles. The Labute approximate surface area is 176 Å². The van der Waals surface area contributed by atoms with Crippen molar-refractivity contribution in [3.8, 4) is 0 Å². The Kier molecular flexibility index (Phi) is 6.66. The highest BCUT2D eigenvalue weighted by atomic mass is 35.5. The number of carbonyl (C=O) groups is 1. The molecule has 1 saturated heterocycles. The van der Waals surface area contributed by atoms with Gasteiger partial charge in [0.15, 0.2) is 0 Å². The molecule has 0 unspecified atom stereocenters. The van der Waals surface area contributed by atoms with Crippen LogP contribution in [0.2, 0.25) is 5.02 Å². The van der Waals surface area contributed by atoms with Crippen molar-refractivity contribution in [1.82, 2.24) is 4.31 Å². The topological polar surface area (TPSA) is 78.9 Å². The molecule has 0 bridgehead atoms. The minimum absolute atomic E-state index is 0.194. The average molecular weight is 438 g/mol. The van der Waals surface area contributed by atoms with Gasteiger partial charge in [0.2, 0.25) is 10.0 Å². The van der Waals surface area contributed by atoms with Gasteiger partial charge >= 0.3 is 6.09 Å². The number of hydrogen-bond acceptors (Lipinski definition) is 5. The molecule has 1 aliphatic rings. The minimum atomic E-state index is -3.60. The fourth-order valence-corrected chi connectivity index (χ4v) is 4.83. The summed E-state index contributed by atoms with van der Waals surface area (Å²) in [6.07, 6.45) is -0.574. The fraction of sp³-hybridized carbons (Fsp3) is 0.350. The van der Waals surface area contributed by atoms with Gasteiger partial charge in [-0.05, 0) is 55.8 Å². The van der Waals surface area contributed by atoms with Gasteiger partial charge < -0.3 is 9.64 Å². The third-order valence-corrected chi connectivity index (χ3v) is 6.91. The number of rotatable bonds is 5. The van der Waals surface area contributed by atoms with Gasteiger partial charge in [-0.15, -0.1) is 0 Å². The first-order valence-electron chi connectivity index (χ1n) is 9.36. The summed E-state index contributed by atoms with van der Waals surface area (Å²) >= 11 is 6.11. The molecule has 1 aliphatic heterocycles. The van der Waals surface area contributed by atoms with E-state index in [9.17, 15) is 13.2 Å². The van der Waals surface area contributed by atoms with Crippen LogP contribution < -0.4 is 10.2 Å². The van der Waals surface area contributed by atoms with E-state index in [1.165, 1.54) is 16.4 Å². The van der Waals surface area contributed by atoms with E-state index in [1.807, 2.05) is 25.1 Å². The van der Waals surface area contributed by atoms with Crippen LogP contribution in [0.1, 0.15) is 12.5 Å². The SMILES string of the molecule is CCOC(=O)Nc1ccc(S(=O)(=O)N2CCN(c3cc(Cl)ccc3C)CC2)cc1. The van der Waals surface area contributed by atoms with Gasteiger partial charge in [0.05, 0.1) is 11.5 Å². The van der Waals surface area contributed by atoms with Gasteiger partial charge in [0, 0.05) is 42.6 Å². The lowest BCUT2D eigenvalue weighted by atomic mass is 10.1. The smallest absolute Gasteiger partial charge is 0.411 e. The molecule has 1 amide bonds. The zero-order chi connectivity index (χ0) is 21.0. The average Bonchev–Trinajstić information content (AvgIpc) is 2.70. The third-order valence-electron chi connectivity index (χ3n) is 4.76. The van der Waals surface area contributed by atoms with Crippen molar-refractivity contribution in [2.45, 2.75) is 18.7 Å². The van der Waals surface area contributed by atoms with Crippen LogP contribution in [0.3, 0.4) is 0 Å². The van der Waals surface area contributed by atoms with Gasteiger partial charge in [-0.1, -0.05) is 17.7 Å². The molecule has 2 aromatic rings. The molecule has 29 heavy (non-hydrogen) atoms. The maximum atomic E-state index is 13.0. The maximum absolute atomic E-state index is 13.0. The van der Waals surface area contributed by atoms with E-state index >= 15 is 0 Å². The third kappa shape index (κ3) is 5.01. The second kappa shape index (κ2) is 9.02. The number of piperazine rings is 1. The zero-order valence-corrected chi connectivity index (χ0v) is 18.0. The van der Waals surface area contributed by atoms with E-state index in [0.29, 0.717) is 36.9 Å². The summed E-state index contributed by atoms with van der Waals surface area (Å²) in [5.41, 5.74) is 2.61. The normalized spacial score (nSPS) is 15.2. The molecule has 0 aliphatic carbocycles. The molecular formula is C20H24ClN3O4S. The predicted octanol–water partition coefficient (Wildman–Crippen LogP) is 3.73. The number of amides is 1. The number of ether oxygens (including phenoxy) is 1. The van der Waals surface area contributed by atoms with Crippen molar-refractivity contribution < 1.29 is 17.9 Å². The summed E-state index contributed by atoms with van der Waals surface area (Å²) in [6.45, 7) is 5.93. The molecule has 0 atom stereocenters. The van der Waals surface area contributed by atoms with Crippen LogP contribution in [-0.2, 0) is 14.8 Å². The Morgan fingerprint density at radius 2 is 1.76 bits per heavy atom. The highest BCUT2D eigenvalue weighted by molar-refractivity contribution is 7.89. The lowest BCUT2D eigenvalue weighted by Gasteiger charge is -2.36. The molecule has 0 radical (unpaired) electrons. The first-order valence-corrected chi connectivity index (χ1v) is 11.2. The molecule has 1 N–H and O–H groups in total. The maximum Gasteiger partial charge on any atom is 0.411 e. The Hall–Kier alpha value is -2.29. The number of carbonyl (C=O) groups excluding carboxylic acids is 1. The van der Waals surface area contributed by atoms with Crippen LogP contribution in [0.25, 0.3) is 0 Å². The summed E-state index contributed by atoms with van der Waals surface area (Å²) < 4.78 is 32.2. The Morgan fingerprint density at radius 1 is 1.10 bits per heavy atom. The Bertz CT molecular complexity index is 972. The number of hydrogen-bond donors (Lipinski definition) is 1. The highest BCUT2D eigenvalue weighted by Crippen LogP contribution is 2.27. The summed E-state index contributed by atoms with van der Waals surface area (Å²) in [7, 11) is -3.60. The summed E-state index contributed by atoms with van der Waals surface area (Å²) in [6, 6.07) is 11.8. The molecule has 1 fully saturated rings. The number of halogens is 1. The number of nitrogens with zero attached hydrogens (tertiary/aromatic N) is 2. The first-order chi connectivity index (χ1) is 13.8. The Balaban J connectivity index is 1.66. The Morgan fingerprint density at radius 3 is 2.38 bits per heavy atom. The fourth-order valence-electron chi connectivity index (χ4n) is 3.24. The van der Waals surface area contributed by atoms with Gasteiger partial charge in [-0.2, -0.15) is 4.31 Å². The number of nitrogens with one attached hydrogen (secondary N) is 1. The van der Waals surface area contributed by atoms with E-state index < -0.39 is 16.1 Å². The first kappa shape index (κ1) is 21.4. The van der Waals surface area contributed by atoms with Crippen LogP contribution in [0.15, 0.2) is 47.4 Å². The zero-order valence-electron chi connectivity index (χ0n) is 16.4. The van der Waals surface area contributed by atoms with Gasteiger partial charge in [-0.25, -0.2) is 13.2 Å². The second-order valence-corrected chi connectivity index (χ2v) is 9.07. The molecule has 1 heterocycles. The van der Waals surface area contributed by atoms with Crippen molar-refractivity contribution >= 4 is 39.1 Å². The standard InChI is InChI=1S/C20H24ClN3O4S/c1-3-28-20(25)22-17-6-8-18(9-7-17)29(26,27)24-12-10-23(11-13-24)19-14-16(21)5-4-15(19)2/h4-9,14H,3,10-13H2,1-2H3,(H,22,25). The molecule has 7 nitrogen and oxygen atoms in total. The van der Waals surface area contributed by atoms with Crippen LogP contribution in [-0.4, -0.2) is 51.6 Å². The van der Waals surface area contributed by atoms with Crippen molar-refractivity contribution in [2.24, 2.45) is 0 Å². The van der Waals surface area contributed by atoms with Crippen LogP contribution in [0.5, 0.6) is 0 Å². The monoisotopic (exact) mass is 437 g/mol. The number of benzene rings is 2.